The number of hydrogen-bond donors (Lipinski definition) is 2. The van der Waals surface area contributed by atoms with Crippen LogP contribution in [0.4, 0.5) is 13.2 Å². The van der Waals surface area contributed by atoms with Gasteiger partial charge in [-0.1, -0.05) is 18.2 Å². The van der Waals surface area contributed by atoms with Crippen LogP contribution in [0, 0.1) is 0 Å². The Balaban J connectivity index is 1.87. The molecule has 1 aliphatic rings. The van der Waals surface area contributed by atoms with Crippen LogP contribution in [0.3, 0.4) is 0 Å². The molecule has 1 aliphatic heterocycles. The number of nitrogens with one attached hydrogen (secondary N) is 1. The second-order valence-electron chi connectivity index (χ2n) is 4.22. The lowest BCUT2D eigenvalue weighted by Gasteiger charge is -2.16. The molecule has 1 aromatic rings. The zero-order chi connectivity index (χ0) is 14.0. The summed E-state index contributed by atoms with van der Waals surface area (Å²) in [6.45, 7) is -0.810. The lowest BCUT2D eigenvalue weighted by molar-refractivity contribution is -0.201. The second kappa shape index (κ2) is 5.42. The number of aliphatic hydroxyl groups is 1. The average molecular weight is 291 g/mol. The Bertz CT molecular complexity index is 453. The van der Waals surface area contributed by atoms with Crippen LogP contribution in [0.1, 0.15) is 5.56 Å². The Morgan fingerprint density at radius 2 is 2.16 bits per heavy atom. The molecule has 0 radical (unpaired) electrons. The van der Waals surface area contributed by atoms with Crippen LogP contribution in [0.15, 0.2) is 29.2 Å². The molecule has 1 aromatic carbocycles. The monoisotopic (exact) mass is 291 g/mol. The number of thioether (sulfide) groups is 1. The van der Waals surface area contributed by atoms with E-state index >= 15 is 0 Å². The Hall–Kier alpha value is -1.21. The van der Waals surface area contributed by atoms with Crippen LogP contribution in [-0.2, 0) is 11.2 Å². The first-order valence-corrected chi connectivity index (χ1v) is 6.53. The molecule has 0 aromatic heterocycles. The summed E-state index contributed by atoms with van der Waals surface area (Å²) in [4.78, 5) is 12.7. The summed E-state index contributed by atoms with van der Waals surface area (Å²) < 4.78 is 36.3. The van der Waals surface area contributed by atoms with Crippen molar-refractivity contribution in [1.82, 2.24) is 5.32 Å². The van der Waals surface area contributed by atoms with Crippen molar-refractivity contribution in [3.63, 3.8) is 0 Å². The first kappa shape index (κ1) is 14.2. The van der Waals surface area contributed by atoms with E-state index in [1.807, 2.05) is 24.3 Å². The van der Waals surface area contributed by atoms with Gasteiger partial charge in [-0.15, -0.1) is 11.8 Å². The van der Waals surface area contributed by atoms with Crippen LogP contribution in [0.5, 0.6) is 0 Å². The van der Waals surface area contributed by atoms with E-state index in [0.29, 0.717) is 6.42 Å². The first-order valence-electron chi connectivity index (χ1n) is 5.65. The fourth-order valence-corrected chi connectivity index (χ4v) is 2.97. The van der Waals surface area contributed by atoms with Gasteiger partial charge in [-0.25, -0.2) is 0 Å². The van der Waals surface area contributed by atoms with Crippen LogP contribution >= 0.6 is 11.8 Å². The van der Waals surface area contributed by atoms with Gasteiger partial charge in [0.05, 0.1) is 11.8 Å². The molecule has 2 N–H and O–H groups in total. The van der Waals surface area contributed by atoms with Gasteiger partial charge < -0.3 is 10.4 Å². The normalized spacial score (nSPS) is 19.9. The van der Waals surface area contributed by atoms with E-state index in [-0.39, 0.29) is 0 Å². The van der Waals surface area contributed by atoms with Crippen molar-refractivity contribution in [3.8, 4) is 0 Å². The molecule has 0 aliphatic carbocycles. The van der Waals surface area contributed by atoms with Gasteiger partial charge in [0.15, 0.2) is 6.10 Å². The molecule has 3 nitrogen and oxygen atoms in total. The Morgan fingerprint density at radius 1 is 1.47 bits per heavy atom. The zero-order valence-corrected chi connectivity index (χ0v) is 10.6. The molecule has 7 heteroatoms. The summed E-state index contributed by atoms with van der Waals surface area (Å²) in [7, 11) is 0. The number of amides is 1. The van der Waals surface area contributed by atoms with Gasteiger partial charge in [0.1, 0.15) is 0 Å². The van der Waals surface area contributed by atoms with Gasteiger partial charge in [-0.05, 0) is 18.1 Å². The molecule has 2 atom stereocenters. The van der Waals surface area contributed by atoms with E-state index in [2.05, 4.69) is 5.32 Å². The topological polar surface area (TPSA) is 49.3 Å². The van der Waals surface area contributed by atoms with E-state index in [0.717, 1.165) is 10.5 Å². The highest BCUT2D eigenvalue weighted by molar-refractivity contribution is 8.01. The minimum absolute atomic E-state index is 0.433. The van der Waals surface area contributed by atoms with Crippen molar-refractivity contribution in [1.29, 1.82) is 0 Å². The highest BCUT2D eigenvalue weighted by atomic mass is 32.2. The maximum atomic E-state index is 12.1. The van der Waals surface area contributed by atoms with Crippen molar-refractivity contribution in [3.05, 3.63) is 29.8 Å². The number of fused-ring (bicyclic) bond motifs is 1. The van der Waals surface area contributed by atoms with Gasteiger partial charge in [0.25, 0.3) is 0 Å². The largest absolute Gasteiger partial charge is 0.416 e. The predicted octanol–water partition coefficient (Wildman–Crippen LogP) is 1.74. The fraction of sp³-hybridized carbons (Fsp3) is 0.417. The molecule has 1 heterocycles. The van der Waals surface area contributed by atoms with Crippen molar-refractivity contribution >= 4 is 17.7 Å². The number of alkyl halides is 3. The van der Waals surface area contributed by atoms with E-state index in [9.17, 15) is 18.0 Å². The highest BCUT2D eigenvalue weighted by Crippen LogP contribution is 2.36. The summed E-state index contributed by atoms with van der Waals surface area (Å²) in [5.41, 5.74) is 1.02. The van der Waals surface area contributed by atoms with Crippen molar-refractivity contribution < 1.29 is 23.1 Å². The van der Waals surface area contributed by atoms with E-state index in [1.54, 1.807) is 0 Å². The number of carbonyl (C=O) groups excluding carboxylic acids is 1. The van der Waals surface area contributed by atoms with Crippen LogP contribution in [0.25, 0.3) is 0 Å². The molecular formula is C12H12F3NO2S. The quantitative estimate of drug-likeness (QED) is 0.892. The van der Waals surface area contributed by atoms with Gasteiger partial charge in [0, 0.05) is 4.90 Å². The Labute approximate surface area is 112 Å². The Kier molecular flexibility index (Phi) is 4.05. The number of halogens is 3. The first-order chi connectivity index (χ1) is 8.88. The molecule has 0 bridgehead atoms. The van der Waals surface area contributed by atoms with Crippen molar-refractivity contribution in [2.45, 2.75) is 28.8 Å². The standard InChI is InChI=1S/C12H12F3NO2S/c13-12(14,15)10(17)6-16-11(18)9-5-7-3-1-2-4-8(7)19-9/h1-4,9-10,17H,5-6H2,(H,16,18). The van der Waals surface area contributed by atoms with Crippen LogP contribution < -0.4 is 5.32 Å². The molecule has 0 saturated carbocycles. The summed E-state index contributed by atoms with van der Waals surface area (Å²) in [5.74, 6) is -0.482. The van der Waals surface area contributed by atoms with Crippen molar-refractivity contribution in [2.75, 3.05) is 6.54 Å². The van der Waals surface area contributed by atoms with Crippen LogP contribution in [0.2, 0.25) is 0 Å². The van der Waals surface area contributed by atoms with E-state index in [4.69, 9.17) is 5.11 Å². The molecule has 0 fully saturated rings. The van der Waals surface area contributed by atoms with Gasteiger partial charge >= 0.3 is 6.18 Å². The number of benzene rings is 1. The lowest BCUT2D eigenvalue weighted by Crippen LogP contribution is -2.43. The number of hydrogen-bond acceptors (Lipinski definition) is 3. The number of carbonyl (C=O) groups is 1. The van der Waals surface area contributed by atoms with Crippen molar-refractivity contribution in [2.24, 2.45) is 0 Å². The second-order valence-corrected chi connectivity index (χ2v) is 5.47. The third kappa shape index (κ3) is 3.42. The summed E-state index contributed by atoms with van der Waals surface area (Å²) in [5, 5.41) is 10.5. The van der Waals surface area contributed by atoms with E-state index in [1.165, 1.54) is 11.8 Å². The van der Waals surface area contributed by atoms with Crippen LogP contribution in [-0.4, -0.2) is 35.1 Å². The molecule has 0 spiro atoms. The third-order valence-corrected chi connectivity index (χ3v) is 4.10. The lowest BCUT2D eigenvalue weighted by atomic mass is 10.1. The van der Waals surface area contributed by atoms with E-state index < -0.39 is 30.0 Å². The minimum atomic E-state index is -4.71. The highest BCUT2D eigenvalue weighted by Gasteiger charge is 2.38. The zero-order valence-electron chi connectivity index (χ0n) is 9.78. The average Bonchev–Trinajstić information content (AvgIpc) is 2.78. The van der Waals surface area contributed by atoms with Gasteiger partial charge in [-0.2, -0.15) is 13.2 Å². The molecule has 2 unspecified atom stereocenters. The molecule has 104 valence electrons. The van der Waals surface area contributed by atoms with Gasteiger partial charge in [0.2, 0.25) is 5.91 Å². The summed E-state index contributed by atoms with van der Waals surface area (Å²) in [6.07, 6.45) is -6.74. The smallest absolute Gasteiger partial charge is 0.382 e. The number of rotatable bonds is 3. The molecule has 1 amide bonds. The maximum absolute atomic E-state index is 12.1. The molecule has 2 rings (SSSR count). The Morgan fingerprint density at radius 3 is 2.79 bits per heavy atom. The van der Waals surface area contributed by atoms with Gasteiger partial charge in [-0.3, -0.25) is 4.79 Å². The predicted molar refractivity (Wildman–Crippen MR) is 64.9 cm³/mol. The minimum Gasteiger partial charge on any atom is -0.382 e. The molecular weight excluding hydrogens is 279 g/mol. The fourth-order valence-electron chi connectivity index (χ4n) is 1.76. The summed E-state index contributed by atoms with van der Waals surface area (Å²) >= 11 is 1.33. The summed E-state index contributed by atoms with van der Waals surface area (Å²) in [6, 6.07) is 7.46. The third-order valence-electron chi connectivity index (χ3n) is 2.79. The molecule has 19 heavy (non-hydrogen) atoms. The molecule has 0 saturated heterocycles. The maximum Gasteiger partial charge on any atom is 0.416 e. The SMILES string of the molecule is O=C(NCC(O)C(F)(F)F)C1Cc2ccccc2S1. The number of aliphatic hydroxyl groups excluding tert-OH is 1.